The van der Waals surface area contributed by atoms with Crippen molar-refractivity contribution in [1.29, 1.82) is 0 Å². The number of aromatic nitrogens is 2. The van der Waals surface area contributed by atoms with E-state index in [0.29, 0.717) is 6.54 Å². The third-order valence-electron chi connectivity index (χ3n) is 2.06. The molecule has 0 saturated carbocycles. The maximum absolute atomic E-state index is 11.2. The summed E-state index contributed by atoms with van der Waals surface area (Å²) >= 11 is 0. The maximum Gasteiger partial charge on any atom is 0.315 e. The number of urea groups is 1. The SMILES string of the molecule is CC(CO)NC(=O)NCCCn1cccn1. The molecule has 0 fully saturated rings. The van der Waals surface area contributed by atoms with E-state index in [4.69, 9.17) is 5.11 Å². The van der Waals surface area contributed by atoms with Crippen LogP contribution in [0.15, 0.2) is 18.5 Å². The molecular weight excluding hydrogens is 208 g/mol. The molecule has 0 saturated heterocycles. The topological polar surface area (TPSA) is 79.2 Å². The third kappa shape index (κ3) is 4.79. The first-order valence-corrected chi connectivity index (χ1v) is 5.35. The summed E-state index contributed by atoms with van der Waals surface area (Å²) in [6.45, 7) is 3.05. The number of aryl methyl sites for hydroxylation is 1. The number of aliphatic hydroxyl groups is 1. The van der Waals surface area contributed by atoms with Gasteiger partial charge in [0.1, 0.15) is 0 Å². The van der Waals surface area contributed by atoms with E-state index in [1.807, 2.05) is 16.9 Å². The van der Waals surface area contributed by atoms with Gasteiger partial charge >= 0.3 is 6.03 Å². The monoisotopic (exact) mass is 226 g/mol. The van der Waals surface area contributed by atoms with Gasteiger partial charge in [0, 0.05) is 25.5 Å². The molecule has 1 atom stereocenters. The summed E-state index contributed by atoms with van der Waals surface area (Å²) in [4.78, 5) is 11.2. The molecule has 3 N–H and O–H groups in total. The zero-order chi connectivity index (χ0) is 11.8. The first kappa shape index (κ1) is 12.5. The Hall–Kier alpha value is -1.56. The number of rotatable bonds is 6. The molecule has 1 unspecified atom stereocenters. The van der Waals surface area contributed by atoms with E-state index in [1.165, 1.54) is 0 Å². The summed E-state index contributed by atoms with van der Waals surface area (Å²) in [6.07, 6.45) is 4.43. The van der Waals surface area contributed by atoms with Crippen LogP contribution in [0.1, 0.15) is 13.3 Å². The van der Waals surface area contributed by atoms with Crippen LogP contribution in [0.5, 0.6) is 0 Å². The lowest BCUT2D eigenvalue weighted by molar-refractivity contribution is 0.220. The number of carbonyl (C=O) groups excluding carboxylic acids is 1. The van der Waals surface area contributed by atoms with E-state index < -0.39 is 0 Å². The van der Waals surface area contributed by atoms with Crippen LogP contribution < -0.4 is 10.6 Å². The minimum Gasteiger partial charge on any atom is -0.394 e. The Labute approximate surface area is 94.6 Å². The molecule has 0 aromatic carbocycles. The second-order valence-electron chi connectivity index (χ2n) is 3.61. The van der Waals surface area contributed by atoms with E-state index in [0.717, 1.165) is 13.0 Å². The van der Waals surface area contributed by atoms with Gasteiger partial charge in [-0.2, -0.15) is 5.10 Å². The number of carbonyl (C=O) groups is 1. The molecule has 6 nitrogen and oxygen atoms in total. The van der Waals surface area contributed by atoms with Crippen molar-refractivity contribution in [3.05, 3.63) is 18.5 Å². The highest BCUT2D eigenvalue weighted by Crippen LogP contribution is 1.88. The van der Waals surface area contributed by atoms with Gasteiger partial charge in [-0.1, -0.05) is 0 Å². The molecule has 1 heterocycles. The molecule has 0 aliphatic carbocycles. The number of hydrogen-bond acceptors (Lipinski definition) is 3. The fourth-order valence-corrected chi connectivity index (χ4v) is 1.20. The van der Waals surface area contributed by atoms with Gasteiger partial charge in [-0.3, -0.25) is 4.68 Å². The number of aliphatic hydroxyl groups excluding tert-OH is 1. The molecule has 0 spiro atoms. The predicted octanol–water partition coefficient (Wildman–Crippen LogP) is -0.0468. The van der Waals surface area contributed by atoms with Crippen molar-refractivity contribution in [3.63, 3.8) is 0 Å². The zero-order valence-electron chi connectivity index (χ0n) is 9.39. The van der Waals surface area contributed by atoms with Crippen LogP contribution in [0.2, 0.25) is 0 Å². The van der Waals surface area contributed by atoms with Crippen LogP contribution in [0.25, 0.3) is 0 Å². The van der Waals surface area contributed by atoms with Crippen molar-refractivity contribution in [2.24, 2.45) is 0 Å². The summed E-state index contributed by atoms with van der Waals surface area (Å²) in [5.74, 6) is 0. The molecule has 6 heteroatoms. The van der Waals surface area contributed by atoms with Crippen LogP contribution in [-0.2, 0) is 6.54 Å². The number of amides is 2. The van der Waals surface area contributed by atoms with Crippen molar-refractivity contribution in [3.8, 4) is 0 Å². The Morgan fingerprint density at radius 3 is 3.06 bits per heavy atom. The molecule has 90 valence electrons. The number of nitrogens with one attached hydrogen (secondary N) is 2. The highest BCUT2D eigenvalue weighted by Gasteiger charge is 2.04. The van der Waals surface area contributed by atoms with Crippen LogP contribution in [0.4, 0.5) is 4.79 Å². The van der Waals surface area contributed by atoms with Crippen molar-refractivity contribution < 1.29 is 9.90 Å². The van der Waals surface area contributed by atoms with Crippen LogP contribution in [0.3, 0.4) is 0 Å². The van der Waals surface area contributed by atoms with Gasteiger partial charge in [0.25, 0.3) is 0 Å². The highest BCUT2D eigenvalue weighted by atomic mass is 16.3. The van der Waals surface area contributed by atoms with E-state index in [1.54, 1.807) is 13.1 Å². The van der Waals surface area contributed by atoms with Gasteiger partial charge in [-0.25, -0.2) is 4.79 Å². The van der Waals surface area contributed by atoms with Gasteiger partial charge in [0.15, 0.2) is 0 Å². The highest BCUT2D eigenvalue weighted by molar-refractivity contribution is 5.74. The maximum atomic E-state index is 11.2. The smallest absolute Gasteiger partial charge is 0.315 e. The summed E-state index contributed by atoms with van der Waals surface area (Å²) in [7, 11) is 0. The normalized spacial score (nSPS) is 12.1. The minimum absolute atomic E-state index is 0.0549. The van der Waals surface area contributed by atoms with E-state index in [2.05, 4.69) is 15.7 Å². The first-order valence-electron chi connectivity index (χ1n) is 5.35. The lowest BCUT2D eigenvalue weighted by Gasteiger charge is -2.11. The molecule has 0 radical (unpaired) electrons. The second-order valence-corrected chi connectivity index (χ2v) is 3.61. The summed E-state index contributed by atoms with van der Waals surface area (Å²) in [6, 6.07) is 1.40. The molecule has 2 amide bonds. The van der Waals surface area contributed by atoms with Crippen molar-refractivity contribution >= 4 is 6.03 Å². The molecular formula is C10H18N4O2. The van der Waals surface area contributed by atoms with Gasteiger partial charge < -0.3 is 15.7 Å². The van der Waals surface area contributed by atoms with Crippen molar-refractivity contribution in [2.45, 2.75) is 25.9 Å². The lowest BCUT2D eigenvalue weighted by Crippen LogP contribution is -2.42. The average molecular weight is 226 g/mol. The van der Waals surface area contributed by atoms with Gasteiger partial charge in [-0.15, -0.1) is 0 Å². The second kappa shape index (κ2) is 6.84. The van der Waals surface area contributed by atoms with E-state index in [-0.39, 0.29) is 18.7 Å². The fourth-order valence-electron chi connectivity index (χ4n) is 1.20. The minimum atomic E-state index is -0.248. The van der Waals surface area contributed by atoms with Crippen molar-refractivity contribution in [1.82, 2.24) is 20.4 Å². The molecule has 0 aliphatic rings. The van der Waals surface area contributed by atoms with Crippen LogP contribution in [-0.4, -0.2) is 40.1 Å². The zero-order valence-corrected chi connectivity index (χ0v) is 9.39. The Morgan fingerprint density at radius 1 is 1.62 bits per heavy atom. The van der Waals surface area contributed by atoms with E-state index >= 15 is 0 Å². The van der Waals surface area contributed by atoms with Crippen LogP contribution in [0, 0.1) is 0 Å². The van der Waals surface area contributed by atoms with E-state index in [9.17, 15) is 4.79 Å². The summed E-state index contributed by atoms with van der Waals surface area (Å²) < 4.78 is 1.82. The molecule has 1 aromatic rings. The summed E-state index contributed by atoms with van der Waals surface area (Å²) in [5, 5.41) is 18.1. The van der Waals surface area contributed by atoms with Gasteiger partial charge in [0.05, 0.1) is 12.6 Å². The molecule has 0 bridgehead atoms. The number of nitrogens with zero attached hydrogens (tertiary/aromatic N) is 2. The third-order valence-corrected chi connectivity index (χ3v) is 2.06. The van der Waals surface area contributed by atoms with Gasteiger partial charge in [-0.05, 0) is 19.4 Å². The fraction of sp³-hybridized carbons (Fsp3) is 0.600. The van der Waals surface area contributed by atoms with Crippen LogP contribution >= 0.6 is 0 Å². The molecule has 16 heavy (non-hydrogen) atoms. The molecule has 1 rings (SSSR count). The number of hydrogen-bond donors (Lipinski definition) is 3. The average Bonchev–Trinajstić information content (AvgIpc) is 2.77. The van der Waals surface area contributed by atoms with Crippen molar-refractivity contribution in [2.75, 3.05) is 13.2 Å². The quantitative estimate of drug-likeness (QED) is 0.595. The molecule has 1 aromatic heterocycles. The standard InChI is InChI=1S/C10H18N4O2/c1-9(8-15)13-10(16)11-4-2-6-14-7-3-5-12-14/h3,5,7,9,15H,2,4,6,8H2,1H3,(H2,11,13,16). The first-order chi connectivity index (χ1) is 7.72. The summed E-state index contributed by atoms with van der Waals surface area (Å²) in [5.41, 5.74) is 0. The Morgan fingerprint density at radius 2 is 2.44 bits per heavy atom. The predicted molar refractivity (Wildman–Crippen MR) is 59.9 cm³/mol. The lowest BCUT2D eigenvalue weighted by atomic mass is 10.4. The largest absolute Gasteiger partial charge is 0.394 e. The Balaban J connectivity index is 2.04. The Kier molecular flexibility index (Phi) is 5.35. The Bertz CT molecular complexity index is 300. The van der Waals surface area contributed by atoms with Gasteiger partial charge in [0.2, 0.25) is 0 Å². The molecule has 0 aliphatic heterocycles.